The highest BCUT2D eigenvalue weighted by Gasteiger charge is 2.52. The van der Waals surface area contributed by atoms with E-state index in [9.17, 15) is 9.59 Å². The first-order valence-electron chi connectivity index (χ1n) is 11.3. The summed E-state index contributed by atoms with van der Waals surface area (Å²) in [5, 5.41) is 0. The predicted octanol–water partition coefficient (Wildman–Crippen LogP) is 3.80. The summed E-state index contributed by atoms with van der Waals surface area (Å²) >= 11 is 0. The summed E-state index contributed by atoms with van der Waals surface area (Å²) in [5.74, 6) is 1.11. The number of hydrogen-bond donors (Lipinski definition) is 0. The molecule has 3 fully saturated rings. The average molecular weight is 403 g/mol. The van der Waals surface area contributed by atoms with Crippen LogP contribution < -0.4 is 0 Å². The zero-order valence-corrected chi connectivity index (χ0v) is 17.5. The van der Waals surface area contributed by atoms with Gasteiger partial charge in [0.2, 0.25) is 11.8 Å². The third-order valence-corrected chi connectivity index (χ3v) is 7.39. The van der Waals surface area contributed by atoms with Crippen LogP contribution in [0.25, 0.3) is 0 Å². The van der Waals surface area contributed by atoms with E-state index in [2.05, 4.69) is 34.1 Å². The molecule has 0 N–H and O–H groups in total. The van der Waals surface area contributed by atoms with Crippen LogP contribution in [-0.2, 0) is 21.4 Å². The van der Waals surface area contributed by atoms with Crippen LogP contribution >= 0.6 is 0 Å². The lowest BCUT2D eigenvalue weighted by atomic mass is 9.71. The summed E-state index contributed by atoms with van der Waals surface area (Å²) in [6.07, 6.45) is 5.24. The minimum absolute atomic E-state index is 0.0568. The van der Waals surface area contributed by atoms with Gasteiger partial charge in [0.25, 0.3) is 0 Å². The molecule has 2 amide bonds. The van der Waals surface area contributed by atoms with Crippen LogP contribution in [-0.4, -0.2) is 47.3 Å². The highest BCUT2D eigenvalue weighted by Crippen LogP contribution is 2.46. The van der Waals surface area contributed by atoms with E-state index < -0.39 is 0 Å². The van der Waals surface area contributed by atoms with Crippen molar-refractivity contribution in [1.29, 1.82) is 0 Å². The summed E-state index contributed by atoms with van der Waals surface area (Å²) < 4.78 is 0. The van der Waals surface area contributed by atoms with Gasteiger partial charge in [0.05, 0.1) is 12.5 Å². The largest absolute Gasteiger partial charge is 0.340 e. The molecule has 4 nitrogen and oxygen atoms in total. The topological polar surface area (TPSA) is 40.6 Å². The second-order valence-corrected chi connectivity index (χ2v) is 9.28. The van der Waals surface area contributed by atoms with Crippen LogP contribution in [0.2, 0.25) is 0 Å². The van der Waals surface area contributed by atoms with Crippen molar-refractivity contribution in [3.63, 3.8) is 0 Å². The Balaban J connectivity index is 1.47. The molecular weight excluding hydrogens is 372 g/mol. The molecule has 2 aromatic carbocycles. The SMILES string of the molecule is O=C1CCC2(c3ccccc3)CCN(C(=O)Cc3ccccc3)C2CN1CC1CC1. The monoisotopic (exact) mass is 402 g/mol. The van der Waals surface area contributed by atoms with Crippen LogP contribution in [0.4, 0.5) is 0 Å². The second-order valence-electron chi connectivity index (χ2n) is 9.28. The number of likely N-dealkylation sites (tertiary alicyclic amines) is 2. The number of hydrogen-bond acceptors (Lipinski definition) is 2. The first-order valence-corrected chi connectivity index (χ1v) is 11.3. The van der Waals surface area contributed by atoms with Gasteiger partial charge in [-0.25, -0.2) is 0 Å². The fraction of sp³-hybridized carbons (Fsp3) is 0.462. The quantitative estimate of drug-likeness (QED) is 0.763. The number of fused-ring (bicyclic) bond motifs is 1. The molecule has 2 aromatic rings. The van der Waals surface area contributed by atoms with Gasteiger partial charge in [-0.15, -0.1) is 0 Å². The fourth-order valence-electron chi connectivity index (χ4n) is 5.51. The van der Waals surface area contributed by atoms with Gasteiger partial charge >= 0.3 is 0 Å². The Morgan fingerprint density at radius 2 is 1.67 bits per heavy atom. The highest BCUT2D eigenvalue weighted by atomic mass is 16.2. The van der Waals surface area contributed by atoms with Crippen LogP contribution in [0.1, 0.15) is 43.2 Å². The van der Waals surface area contributed by atoms with Gasteiger partial charge in [-0.1, -0.05) is 60.7 Å². The van der Waals surface area contributed by atoms with Crippen LogP contribution in [0.15, 0.2) is 60.7 Å². The number of amides is 2. The minimum atomic E-state index is -0.123. The van der Waals surface area contributed by atoms with Crippen molar-refractivity contribution in [3.05, 3.63) is 71.8 Å². The molecule has 2 aliphatic heterocycles. The van der Waals surface area contributed by atoms with Crippen molar-refractivity contribution >= 4 is 11.8 Å². The summed E-state index contributed by atoms with van der Waals surface area (Å²) in [6.45, 7) is 2.31. The Labute approximate surface area is 178 Å². The first kappa shape index (κ1) is 19.3. The van der Waals surface area contributed by atoms with Gasteiger partial charge in [0.1, 0.15) is 0 Å². The number of rotatable bonds is 5. The molecule has 1 saturated carbocycles. The fourth-order valence-corrected chi connectivity index (χ4v) is 5.51. The molecule has 0 radical (unpaired) electrons. The molecule has 5 rings (SSSR count). The van der Waals surface area contributed by atoms with E-state index in [0.717, 1.165) is 31.5 Å². The normalized spacial score (nSPS) is 26.4. The molecule has 4 heteroatoms. The number of carbonyl (C=O) groups is 2. The van der Waals surface area contributed by atoms with Crippen molar-refractivity contribution in [2.45, 2.75) is 50.0 Å². The maximum absolute atomic E-state index is 13.4. The third kappa shape index (κ3) is 3.64. The maximum Gasteiger partial charge on any atom is 0.227 e. The lowest BCUT2D eigenvalue weighted by Crippen LogP contribution is -2.51. The van der Waals surface area contributed by atoms with Crippen molar-refractivity contribution in [3.8, 4) is 0 Å². The smallest absolute Gasteiger partial charge is 0.227 e. The van der Waals surface area contributed by atoms with E-state index in [0.29, 0.717) is 25.3 Å². The van der Waals surface area contributed by atoms with Gasteiger partial charge in [0.15, 0.2) is 0 Å². The predicted molar refractivity (Wildman–Crippen MR) is 117 cm³/mol. The molecule has 0 spiro atoms. The Hall–Kier alpha value is -2.62. The van der Waals surface area contributed by atoms with Crippen molar-refractivity contribution in [2.75, 3.05) is 19.6 Å². The molecule has 3 aliphatic rings. The van der Waals surface area contributed by atoms with Crippen LogP contribution in [0.5, 0.6) is 0 Å². The van der Waals surface area contributed by atoms with Crippen LogP contribution in [0.3, 0.4) is 0 Å². The lowest BCUT2D eigenvalue weighted by molar-refractivity contribution is -0.135. The average Bonchev–Trinajstić information content (AvgIpc) is 3.54. The molecule has 0 bridgehead atoms. The lowest BCUT2D eigenvalue weighted by Gasteiger charge is -2.38. The molecule has 2 saturated heterocycles. The Bertz CT molecular complexity index is 909. The number of nitrogens with zero attached hydrogens (tertiary/aromatic N) is 2. The number of benzene rings is 2. The van der Waals surface area contributed by atoms with E-state index in [1.54, 1.807) is 0 Å². The Kier molecular flexibility index (Phi) is 5.10. The van der Waals surface area contributed by atoms with Gasteiger partial charge < -0.3 is 9.80 Å². The number of carbonyl (C=O) groups excluding carboxylic acids is 2. The van der Waals surface area contributed by atoms with Gasteiger partial charge in [-0.3, -0.25) is 9.59 Å². The molecule has 1 aliphatic carbocycles. The van der Waals surface area contributed by atoms with Crippen molar-refractivity contribution in [2.24, 2.45) is 5.92 Å². The minimum Gasteiger partial charge on any atom is -0.340 e. The molecule has 0 aromatic heterocycles. The first-order chi connectivity index (χ1) is 14.7. The van der Waals surface area contributed by atoms with Gasteiger partial charge in [-0.05, 0) is 42.7 Å². The zero-order chi connectivity index (χ0) is 20.6. The van der Waals surface area contributed by atoms with E-state index in [4.69, 9.17) is 0 Å². The highest BCUT2D eigenvalue weighted by molar-refractivity contribution is 5.81. The zero-order valence-electron chi connectivity index (χ0n) is 17.5. The van der Waals surface area contributed by atoms with Gasteiger partial charge in [0, 0.05) is 31.5 Å². The van der Waals surface area contributed by atoms with E-state index >= 15 is 0 Å². The second kappa shape index (κ2) is 7.90. The molecule has 2 unspecified atom stereocenters. The standard InChI is InChI=1S/C26H30N2O2/c29-24-13-14-26(22-9-5-2-6-10-22)15-16-28(23(26)19-27(24)18-21-11-12-21)25(30)17-20-7-3-1-4-8-20/h1-10,21,23H,11-19H2. The molecular formula is C26H30N2O2. The van der Waals surface area contributed by atoms with E-state index in [-0.39, 0.29) is 23.3 Å². The molecule has 30 heavy (non-hydrogen) atoms. The Morgan fingerprint density at radius 3 is 2.37 bits per heavy atom. The van der Waals surface area contributed by atoms with Crippen molar-refractivity contribution < 1.29 is 9.59 Å². The summed E-state index contributed by atoms with van der Waals surface area (Å²) in [6, 6.07) is 20.7. The maximum atomic E-state index is 13.4. The molecule has 156 valence electrons. The van der Waals surface area contributed by atoms with Crippen LogP contribution in [0, 0.1) is 5.92 Å². The van der Waals surface area contributed by atoms with E-state index in [1.807, 2.05) is 36.4 Å². The molecule has 2 atom stereocenters. The Morgan fingerprint density at radius 1 is 0.967 bits per heavy atom. The summed E-state index contributed by atoms with van der Waals surface area (Å²) in [7, 11) is 0. The molecule has 2 heterocycles. The van der Waals surface area contributed by atoms with E-state index in [1.165, 1.54) is 18.4 Å². The summed E-state index contributed by atoms with van der Waals surface area (Å²) in [4.78, 5) is 30.5. The third-order valence-electron chi connectivity index (χ3n) is 7.39. The van der Waals surface area contributed by atoms with Gasteiger partial charge in [-0.2, -0.15) is 0 Å². The van der Waals surface area contributed by atoms with Crippen molar-refractivity contribution in [1.82, 2.24) is 9.80 Å². The summed E-state index contributed by atoms with van der Waals surface area (Å²) in [5.41, 5.74) is 2.21.